The molecule has 9 heteroatoms. The molecule has 25 heavy (non-hydrogen) atoms. The number of anilines is 1. The van der Waals surface area contributed by atoms with Crippen molar-refractivity contribution in [1.82, 2.24) is 15.2 Å². The second-order valence-electron chi connectivity index (χ2n) is 4.77. The monoisotopic (exact) mass is 376 g/mol. The zero-order chi connectivity index (χ0) is 17.6. The average Bonchev–Trinajstić information content (AvgIpc) is 3.10. The number of thioether (sulfide) groups is 1. The number of carbonyl (C=O) groups is 1. The number of aromatic nitrogens is 3. The van der Waals surface area contributed by atoms with Gasteiger partial charge >= 0.3 is 0 Å². The zero-order valence-corrected chi connectivity index (χ0v) is 14.7. The SMILES string of the molecule is COc1ccc(Cl)cc1-c1nnc(SCC(=O)Nc2ccccn2)o1. The predicted molar refractivity (Wildman–Crippen MR) is 94.9 cm³/mol. The number of benzene rings is 1. The Morgan fingerprint density at radius 1 is 1.32 bits per heavy atom. The van der Waals surface area contributed by atoms with E-state index in [1.165, 1.54) is 0 Å². The van der Waals surface area contributed by atoms with Crippen molar-refractivity contribution in [3.63, 3.8) is 0 Å². The summed E-state index contributed by atoms with van der Waals surface area (Å²) in [5.41, 5.74) is 0.590. The van der Waals surface area contributed by atoms with E-state index < -0.39 is 0 Å². The van der Waals surface area contributed by atoms with Crippen molar-refractivity contribution in [2.75, 3.05) is 18.2 Å². The van der Waals surface area contributed by atoms with E-state index in [2.05, 4.69) is 20.5 Å². The Morgan fingerprint density at radius 2 is 2.20 bits per heavy atom. The van der Waals surface area contributed by atoms with Crippen molar-refractivity contribution < 1.29 is 13.9 Å². The number of rotatable bonds is 6. The van der Waals surface area contributed by atoms with E-state index >= 15 is 0 Å². The Hall–Kier alpha value is -2.58. The smallest absolute Gasteiger partial charge is 0.277 e. The average molecular weight is 377 g/mol. The maximum atomic E-state index is 11.9. The molecule has 1 amide bonds. The highest BCUT2D eigenvalue weighted by molar-refractivity contribution is 7.99. The highest BCUT2D eigenvalue weighted by Gasteiger charge is 2.15. The van der Waals surface area contributed by atoms with E-state index in [1.807, 2.05) is 0 Å². The summed E-state index contributed by atoms with van der Waals surface area (Å²) in [4.78, 5) is 15.9. The first-order valence-corrected chi connectivity index (χ1v) is 8.53. The Kier molecular flexibility index (Phi) is 5.52. The first kappa shape index (κ1) is 17.2. The van der Waals surface area contributed by atoms with Crippen molar-refractivity contribution in [2.45, 2.75) is 5.22 Å². The van der Waals surface area contributed by atoms with Crippen molar-refractivity contribution in [3.8, 4) is 17.2 Å². The third kappa shape index (κ3) is 4.49. The van der Waals surface area contributed by atoms with E-state index in [-0.39, 0.29) is 22.8 Å². The molecule has 2 heterocycles. The lowest BCUT2D eigenvalue weighted by Crippen LogP contribution is -2.14. The van der Waals surface area contributed by atoms with Crippen molar-refractivity contribution in [3.05, 3.63) is 47.6 Å². The lowest BCUT2D eigenvalue weighted by Gasteiger charge is -2.04. The van der Waals surface area contributed by atoms with Crippen LogP contribution in [0, 0.1) is 0 Å². The van der Waals surface area contributed by atoms with Gasteiger partial charge in [0.15, 0.2) is 0 Å². The van der Waals surface area contributed by atoms with Gasteiger partial charge in [-0.1, -0.05) is 29.4 Å². The molecule has 0 aliphatic carbocycles. The molecule has 0 unspecified atom stereocenters. The number of methoxy groups -OCH3 is 1. The van der Waals surface area contributed by atoms with Crippen LogP contribution >= 0.6 is 23.4 Å². The molecule has 128 valence electrons. The van der Waals surface area contributed by atoms with Crippen LogP contribution in [-0.2, 0) is 4.79 Å². The van der Waals surface area contributed by atoms with Gasteiger partial charge in [-0.2, -0.15) is 0 Å². The number of ether oxygens (including phenoxy) is 1. The molecule has 0 saturated heterocycles. The highest BCUT2D eigenvalue weighted by Crippen LogP contribution is 2.32. The third-order valence-corrected chi connectivity index (χ3v) is 4.11. The van der Waals surface area contributed by atoms with Gasteiger partial charge in [0.1, 0.15) is 11.6 Å². The van der Waals surface area contributed by atoms with Gasteiger partial charge in [-0.15, -0.1) is 10.2 Å². The van der Waals surface area contributed by atoms with Crippen molar-refractivity contribution in [2.24, 2.45) is 0 Å². The first-order chi connectivity index (χ1) is 12.2. The largest absolute Gasteiger partial charge is 0.496 e. The summed E-state index contributed by atoms with van der Waals surface area (Å²) in [5.74, 6) is 1.22. The summed E-state index contributed by atoms with van der Waals surface area (Å²) in [5, 5.41) is 11.4. The molecule has 1 N–H and O–H groups in total. The molecular formula is C16H13ClN4O3S. The van der Waals surface area contributed by atoms with E-state index in [1.54, 1.807) is 49.7 Å². The van der Waals surface area contributed by atoms with Gasteiger partial charge in [-0.3, -0.25) is 4.79 Å². The van der Waals surface area contributed by atoms with Gasteiger partial charge in [0.25, 0.3) is 11.1 Å². The number of halogens is 1. The quantitative estimate of drug-likeness (QED) is 0.658. The molecule has 0 aliphatic rings. The summed E-state index contributed by atoms with van der Waals surface area (Å²) in [6, 6.07) is 10.4. The number of hydrogen-bond donors (Lipinski definition) is 1. The second-order valence-corrected chi connectivity index (χ2v) is 6.13. The molecule has 0 bridgehead atoms. The normalized spacial score (nSPS) is 10.5. The van der Waals surface area contributed by atoms with Crippen LogP contribution in [0.3, 0.4) is 0 Å². The van der Waals surface area contributed by atoms with E-state index in [0.717, 1.165) is 11.8 Å². The number of pyridine rings is 1. The summed E-state index contributed by atoms with van der Waals surface area (Å²) < 4.78 is 10.8. The molecule has 2 aromatic heterocycles. The molecule has 0 spiro atoms. The number of amides is 1. The molecule has 1 aromatic carbocycles. The fourth-order valence-electron chi connectivity index (χ4n) is 1.97. The molecule has 0 saturated carbocycles. The van der Waals surface area contributed by atoms with Crippen LogP contribution < -0.4 is 10.1 Å². The van der Waals surface area contributed by atoms with Gasteiger partial charge in [0, 0.05) is 11.2 Å². The first-order valence-electron chi connectivity index (χ1n) is 7.17. The van der Waals surface area contributed by atoms with Crippen LogP contribution in [0.2, 0.25) is 5.02 Å². The zero-order valence-electron chi connectivity index (χ0n) is 13.1. The molecular weight excluding hydrogens is 364 g/mol. The summed E-state index contributed by atoms with van der Waals surface area (Å²) >= 11 is 7.13. The van der Waals surface area contributed by atoms with E-state index in [0.29, 0.717) is 22.2 Å². The number of carbonyl (C=O) groups excluding carboxylic acids is 1. The van der Waals surface area contributed by atoms with Gasteiger partial charge in [-0.05, 0) is 30.3 Å². The van der Waals surface area contributed by atoms with Crippen LogP contribution in [0.4, 0.5) is 5.82 Å². The number of nitrogens with one attached hydrogen (secondary N) is 1. The summed E-state index contributed by atoms with van der Waals surface area (Å²) in [7, 11) is 1.54. The van der Waals surface area contributed by atoms with Crippen molar-refractivity contribution >= 4 is 35.1 Å². The van der Waals surface area contributed by atoms with Crippen LogP contribution in [0.15, 0.2) is 52.2 Å². The Balaban J connectivity index is 1.64. The van der Waals surface area contributed by atoms with Crippen molar-refractivity contribution in [1.29, 1.82) is 0 Å². The minimum absolute atomic E-state index is 0.116. The van der Waals surface area contributed by atoms with Gasteiger partial charge in [0.2, 0.25) is 5.91 Å². The Morgan fingerprint density at radius 3 is 2.96 bits per heavy atom. The van der Waals surface area contributed by atoms with Crippen LogP contribution in [0.5, 0.6) is 5.75 Å². The lowest BCUT2D eigenvalue weighted by molar-refractivity contribution is -0.113. The highest BCUT2D eigenvalue weighted by atomic mass is 35.5. The number of nitrogens with zero attached hydrogens (tertiary/aromatic N) is 3. The topological polar surface area (TPSA) is 90.1 Å². The van der Waals surface area contributed by atoms with E-state index in [9.17, 15) is 4.79 Å². The molecule has 0 fully saturated rings. The molecule has 3 aromatic rings. The molecule has 0 atom stereocenters. The Bertz CT molecular complexity index is 873. The molecule has 0 radical (unpaired) electrons. The van der Waals surface area contributed by atoms with Gasteiger partial charge in [-0.25, -0.2) is 4.98 Å². The molecule has 3 rings (SSSR count). The van der Waals surface area contributed by atoms with Crippen LogP contribution in [-0.4, -0.2) is 34.0 Å². The molecule has 0 aliphatic heterocycles. The Labute approximate surface area is 152 Å². The fourth-order valence-corrected chi connectivity index (χ4v) is 2.70. The van der Waals surface area contributed by atoms with E-state index in [4.69, 9.17) is 20.8 Å². The molecule has 7 nitrogen and oxygen atoms in total. The summed E-state index contributed by atoms with van der Waals surface area (Å²) in [6.45, 7) is 0. The van der Waals surface area contributed by atoms with Crippen LogP contribution in [0.1, 0.15) is 0 Å². The standard InChI is InChI=1S/C16H13ClN4O3S/c1-23-12-6-5-10(17)8-11(12)15-20-21-16(24-15)25-9-14(22)19-13-4-2-3-7-18-13/h2-8H,9H2,1H3,(H,18,19,22). The fraction of sp³-hybridized carbons (Fsp3) is 0.125. The maximum absolute atomic E-state index is 11.9. The third-order valence-electron chi connectivity index (χ3n) is 3.06. The lowest BCUT2D eigenvalue weighted by atomic mass is 10.2. The van der Waals surface area contributed by atoms with Crippen LogP contribution in [0.25, 0.3) is 11.5 Å². The van der Waals surface area contributed by atoms with Gasteiger partial charge in [0.05, 0.1) is 18.4 Å². The van der Waals surface area contributed by atoms with Gasteiger partial charge < -0.3 is 14.5 Å². The predicted octanol–water partition coefficient (Wildman–Crippen LogP) is 3.52. The maximum Gasteiger partial charge on any atom is 0.277 e. The minimum atomic E-state index is -0.219. The second kappa shape index (κ2) is 8.00. The number of hydrogen-bond acceptors (Lipinski definition) is 7. The summed E-state index contributed by atoms with van der Waals surface area (Å²) in [6.07, 6.45) is 1.60. The minimum Gasteiger partial charge on any atom is -0.496 e.